The van der Waals surface area contributed by atoms with Crippen molar-refractivity contribution in [2.75, 3.05) is 45.9 Å². The Morgan fingerprint density at radius 3 is 2.70 bits per heavy atom. The SMILES string of the molecule is CCOCc1nc(N)cc(OCCCOCCOC)n1. The summed E-state index contributed by atoms with van der Waals surface area (Å²) >= 11 is 0. The molecular formula is C13H23N3O4. The van der Waals surface area contributed by atoms with Crippen LogP contribution >= 0.6 is 0 Å². The molecule has 0 aliphatic rings. The maximum absolute atomic E-state index is 5.69. The monoisotopic (exact) mass is 285 g/mol. The summed E-state index contributed by atoms with van der Waals surface area (Å²) in [7, 11) is 1.64. The van der Waals surface area contributed by atoms with Gasteiger partial charge in [0.25, 0.3) is 0 Å². The molecule has 7 nitrogen and oxygen atoms in total. The Kier molecular flexibility index (Phi) is 8.61. The molecular weight excluding hydrogens is 262 g/mol. The van der Waals surface area contributed by atoms with Crippen molar-refractivity contribution in [3.05, 3.63) is 11.9 Å². The number of anilines is 1. The van der Waals surface area contributed by atoms with Gasteiger partial charge in [-0.15, -0.1) is 0 Å². The van der Waals surface area contributed by atoms with Gasteiger partial charge < -0.3 is 24.7 Å². The fourth-order valence-electron chi connectivity index (χ4n) is 1.41. The van der Waals surface area contributed by atoms with Crippen LogP contribution in [0.4, 0.5) is 5.82 Å². The zero-order valence-electron chi connectivity index (χ0n) is 12.1. The predicted octanol–water partition coefficient (Wildman–Crippen LogP) is 1.03. The van der Waals surface area contributed by atoms with Gasteiger partial charge in [-0.05, 0) is 6.92 Å². The zero-order valence-corrected chi connectivity index (χ0v) is 12.1. The van der Waals surface area contributed by atoms with Crippen LogP contribution in [-0.4, -0.2) is 50.1 Å². The highest BCUT2D eigenvalue weighted by Gasteiger charge is 2.04. The van der Waals surface area contributed by atoms with Crippen LogP contribution in [-0.2, 0) is 20.8 Å². The van der Waals surface area contributed by atoms with Crippen molar-refractivity contribution >= 4 is 5.82 Å². The van der Waals surface area contributed by atoms with Gasteiger partial charge in [0.05, 0.1) is 19.8 Å². The highest BCUT2D eigenvalue weighted by atomic mass is 16.5. The van der Waals surface area contributed by atoms with Crippen molar-refractivity contribution in [1.29, 1.82) is 0 Å². The van der Waals surface area contributed by atoms with Crippen molar-refractivity contribution in [1.82, 2.24) is 9.97 Å². The van der Waals surface area contributed by atoms with Gasteiger partial charge in [-0.2, -0.15) is 4.98 Å². The molecule has 0 aromatic carbocycles. The molecule has 0 saturated heterocycles. The van der Waals surface area contributed by atoms with E-state index < -0.39 is 0 Å². The first-order chi connectivity index (χ1) is 9.76. The smallest absolute Gasteiger partial charge is 0.218 e. The lowest BCUT2D eigenvalue weighted by molar-refractivity contribution is 0.0641. The first-order valence-electron chi connectivity index (χ1n) is 6.67. The fraction of sp³-hybridized carbons (Fsp3) is 0.692. The number of ether oxygens (including phenoxy) is 4. The lowest BCUT2D eigenvalue weighted by Crippen LogP contribution is -2.09. The molecule has 0 amide bonds. The summed E-state index contributed by atoms with van der Waals surface area (Å²) in [5.74, 6) is 1.36. The Labute approximate surface area is 119 Å². The second-order valence-corrected chi connectivity index (χ2v) is 3.99. The van der Waals surface area contributed by atoms with E-state index in [2.05, 4.69) is 9.97 Å². The summed E-state index contributed by atoms with van der Waals surface area (Å²) in [6, 6.07) is 1.60. The van der Waals surface area contributed by atoms with Crippen molar-refractivity contribution in [3.63, 3.8) is 0 Å². The number of methoxy groups -OCH3 is 1. The molecule has 20 heavy (non-hydrogen) atoms. The van der Waals surface area contributed by atoms with Crippen LogP contribution in [0.3, 0.4) is 0 Å². The molecule has 0 aliphatic heterocycles. The fourth-order valence-corrected chi connectivity index (χ4v) is 1.41. The summed E-state index contributed by atoms with van der Waals surface area (Å²) in [4.78, 5) is 8.29. The minimum Gasteiger partial charge on any atom is -0.477 e. The van der Waals surface area contributed by atoms with Crippen LogP contribution in [0.15, 0.2) is 6.07 Å². The maximum atomic E-state index is 5.69. The molecule has 114 valence electrons. The summed E-state index contributed by atoms with van der Waals surface area (Å²) < 4.78 is 21.0. The lowest BCUT2D eigenvalue weighted by atomic mass is 10.5. The molecule has 0 atom stereocenters. The van der Waals surface area contributed by atoms with E-state index in [1.165, 1.54) is 0 Å². The molecule has 0 unspecified atom stereocenters. The molecule has 1 heterocycles. The van der Waals surface area contributed by atoms with Gasteiger partial charge in [0.2, 0.25) is 5.88 Å². The van der Waals surface area contributed by atoms with Crippen molar-refractivity contribution in [3.8, 4) is 5.88 Å². The number of rotatable bonds is 11. The zero-order chi connectivity index (χ0) is 14.6. The quantitative estimate of drug-likeness (QED) is 0.607. The number of aromatic nitrogens is 2. The average Bonchev–Trinajstić information content (AvgIpc) is 2.43. The number of nitrogen functional groups attached to an aromatic ring is 1. The van der Waals surface area contributed by atoms with E-state index in [0.29, 0.717) is 57.2 Å². The molecule has 1 rings (SSSR count). The van der Waals surface area contributed by atoms with Gasteiger partial charge in [0.1, 0.15) is 12.4 Å². The minimum absolute atomic E-state index is 0.331. The molecule has 2 N–H and O–H groups in total. The highest BCUT2D eigenvalue weighted by molar-refractivity contribution is 5.32. The largest absolute Gasteiger partial charge is 0.477 e. The van der Waals surface area contributed by atoms with Crippen LogP contribution in [0.2, 0.25) is 0 Å². The molecule has 0 aliphatic carbocycles. The van der Waals surface area contributed by atoms with E-state index in [1.54, 1.807) is 13.2 Å². The number of nitrogens with zero attached hydrogens (tertiary/aromatic N) is 2. The predicted molar refractivity (Wildman–Crippen MR) is 74.6 cm³/mol. The van der Waals surface area contributed by atoms with Crippen LogP contribution in [0, 0.1) is 0 Å². The third-order valence-electron chi connectivity index (χ3n) is 2.32. The standard InChI is InChI=1S/C13H23N3O4/c1-3-18-10-12-15-11(14)9-13(16-12)20-6-4-5-19-8-7-17-2/h9H,3-8,10H2,1-2H3,(H2,14,15,16). The van der Waals surface area contributed by atoms with Crippen molar-refractivity contribution in [2.45, 2.75) is 20.0 Å². The van der Waals surface area contributed by atoms with E-state index in [0.717, 1.165) is 6.42 Å². The van der Waals surface area contributed by atoms with E-state index in [9.17, 15) is 0 Å². The second-order valence-electron chi connectivity index (χ2n) is 3.99. The molecule has 0 spiro atoms. The average molecular weight is 285 g/mol. The van der Waals surface area contributed by atoms with Crippen LogP contribution < -0.4 is 10.5 Å². The summed E-state index contributed by atoms with van der Waals surface area (Å²) in [6.07, 6.45) is 0.772. The van der Waals surface area contributed by atoms with Crippen molar-refractivity contribution < 1.29 is 18.9 Å². The minimum atomic E-state index is 0.331. The Balaban J connectivity index is 2.26. The van der Waals surface area contributed by atoms with E-state index in [4.69, 9.17) is 24.7 Å². The first kappa shape index (κ1) is 16.6. The Bertz CT molecular complexity index is 377. The Morgan fingerprint density at radius 1 is 1.10 bits per heavy atom. The van der Waals surface area contributed by atoms with Crippen LogP contribution in [0.25, 0.3) is 0 Å². The molecule has 0 radical (unpaired) electrons. The van der Waals surface area contributed by atoms with Crippen LogP contribution in [0.5, 0.6) is 5.88 Å². The summed E-state index contributed by atoms with van der Waals surface area (Å²) in [5, 5.41) is 0. The maximum Gasteiger partial charge on any atom is 0.218 e. The summed E-state index contributed by atoms with van der Waals surface area (Å²) in [5.41, 5.74) is 5.69. The highest BCUT2D eigenvalue weighted by Crippen LogP contribution is 2.11. The second kappa shape index (κ2) is 10.4. The third-order valence-corrected chi connectivity index (χ3v) is 2.32. The van der Waals surface area contributed by atoms with Gasteiger partial charge in [0, 0.05) is 32.8 Å². The van der Waals surface area contributed by atoms with E-state index in [1.807, 2.05) is 6.92 Å². The lowest BCUT2D eigenvalue weighted by Gasteiger charge is -2.08. The molecule has 7 heteroatoms. The Hall–Kier alpha value is -1.44. The third kappa shape index (κ3) is 7.22. The van der Waals surface area contributed by atoms with Gasteiger partial charge in [0.15, 0.2) is 5.82 Å². The topological polar surface area (TPSA) is 88.7 Å². The van der Waals surface area contributed by atoms with Crippen LogP contribution in [0.1, 0.15) is 19.2 Å². The van der Waals surface area contributed by atoms with Gasteiger partial charge in [-0.25, -0.2) is 4.98 Å². The normalized spacial score (nSPS) is 10.7. The van der Waals surface area contributed by atoms with E-state index >= 15 is 0 Å². The first-order valence-corrected chi connectivity index (χ1v) is 6.67. The van der Waals surface area contributed by atoms with Gasteiger partial charge in [-0.3, -0.25) is 0 Å². The molecule has 0 bridgehead atoms. The van der Waals surface area contributed by atoms with Gasteiger partial charge in [-0.1, -0.05) is 0 Å². The van der Waals surface area contributed by atoms with Gasteiger partial charge >= 0.3 is 0 Å². The summed E-state index contributed by atoms with van der Waals surface area (Å²) in [6.45, 7) is 5.17. The number of nitrogens with two attached hydrogens (primary N) is 1. The number of hydrogen-bond donors (Lipinski definition) is 1. The van der Waals surface area contributed by atoms with E-state index in [-0.39, 0.29) is 0 Å². The molecule has 1 aromatic heterocycles. The molecule has 0 saturated carbocycles. The number of hydrogen-bond acceptors (Lipinski definition) is 7. The van der Waals surface area contributed by atoms with Crippen molar-refractivity contribution in [2.24, 2.45) is 0 Å². The Morgan fingerprint density at radius 2 is 1.95 bits per heavy atom. The molecule has 1 aromatic rings. The molecule has 0 fully saturated rings.